The van der Waals surface area contributed by atoms with Crippen LogP contribution >= 0.6 is 0 Å². The van der Waals surface area contributed by atoms with Gasteiger partial charge in [-0.15, -0.1) is 0 Å². The standard InChI is InChI=1S/C27H26N6O3/c1-32(2)17-10-12-18(13-11-17)33-25(28)23(24-26(33)31-20-8-6-5-7-19(20)30-24)27(34)29-16-9-14-21(35-3)22(15-16)36-4/h5-15H,28H2,1-4H3,(H,29,34). The average Bonchev–Trinajstić information content (AvgIpc) is 3.17. The zero-order chi connectivity index (χ0) is 25.4. The van der Waals surface area contributed by atoms with E-state index in [0.29, 0.717) is 39.4 Å². The number of hydrogen-bond donors (Lipinski definition) is 2. The second-order valence-corrected chi connectivity index (χ2v) is 8.41. The van der Waals surface area contributed by atoms with Crippen LogP contribution in [-0.2, 0) is 0 Å². The number of nitrogens with zero attached hydrogens (tertiary/aromatic N) is 4. The summed E-state index contributed by atoms with van der Waals surface area (Å²) in [5.74, 6) is 0.899. The van der Waals surface area contributed by atoms with Crippen LogP contribution in [0.4, 0.5) is 17.2 Å². The van der Waals surface area contributed by atoms with Crippen LogP contribution in [0.25, 0.3) is 27.9 Å². The maximum Gasteiger partial charge on any atom is 0.261 e. The number of anilines is 3. The number of nitrogens with one attached hydrogen (secondary N) is 1. The van der Waals surface area contributed by atoms with E-state index in [1.807, 2.05) is 67.5 Å². The van der Waals surface area contributed by atoms with E-state index in [2.05, 4.69) is 5.32 Å². The molecule has 182 valence electrons. The number of aromatic nitrogens is 3. The van der Waals surface area contributed by atoms with E-state index in [9.17, 15) is 4.79 Å². The van der Waals surface area contributed by atoms with Crippen molar-refractivity contribution < 1.29 is 14.3 Å². The lowest BCUT2D eigenvalue weighted by molar-refractivity contribution is 0.102. The number of fused-ring (bicyclic) bond motifs is 2. The Morgan fingerprint density at radius 3 is 2.22 bits per heavy atom. The van der Waals surface area contributed by atoms with Gasteiger partial charge in [-0.3, -0.25) is 9.36 Å². The zero-order valence-corrected chi connectivity index (χ0v) is 20.4. The fourth-order valence-corrected chi connectivity index (χ4v) is 4.15. The molecular weight excluding hydrogens is 456 g/mol. The van der Waals surface area contributed by atoms with Gasteiger partial charge < -0.3 is 25.4 Å². The molecule has 0 radical (unpaired) electrons. The highest BCUT2D eigenvalue weighted by atomic mass is 16.5. The number of ether oxygens (including phenoxy) is 2. The Morgan fingerprint density at radius 1 is 0.917 bits per heavy atom. The van der Waals surface area contributed by atoms with Gasteiger partial charge >= 0.3 is 0 Å². The van der Waals surface area contributed by atoms with Crippen molar-refractivity contribution in [3.8, 4) is 17.2 Å². The van der Waals surface area contributed by atoms with Gasteiger partial charge in [0.15, 0.2) is 17.1 Å². The Labute approximate surface area is 208 Å². The second kappa shape index (κ2) is 9.10. The van der Waals surface area contributed by atoms with Crippen molar-refractivity contribution in [2.75, 3.05) is 44.3 Å². The van der Waals surface area contributed by atoms with Crippen LogP contribution in [0.1, 0.15) is 10.4 Å². The minimum absolute atomic E-state index is 0.245. The van der Waals surface area contributed by atoms with E-state index < -0.39 is 5.91 Å². The van der Waals surface area contributed by atoms with Crippen LogP contribution < -0.4 is 25.4 Å². The maximum absolute atomic E-state index is 13.6. The molecule has 36 heavy (non-hydrogen) atoms. The number of nitrogen functional groups attached to an aromatic ring is 1. The van der Waals surface area contributed by atoms with Crippen LogP contribution in [0.5, 0.6) is 11.5 Å². The number of para-hydroxylation sites is 2. The molecule has 0 spiro atoms. The minimum Gasteiger partial charge on any atom is -0.493 e. The molecule has 0 aliphatic carbocycles. The van der Waals surface area contributed by atoms with Gasteiger partial charge in [-0.1, -0.05) is 12.1 Å². The predicted molar refractivity (Wildman–Crippen MR) is 143 cm³/mol. The van der Waals surface area contributed by atoms with Crippen molar-refractivity contribution in [2.45, 2.75) is 0 Å². The molecule has 0 atom stereocenters. The fourth-order valence-electron chi connectivity index (χ4n) is 4.15. The molecule has 0 saturated carbocycles. The summed E-state index contributed by atoms with van der Waals surface area (Å²) in [5.41, 5.74) is 11.5. The van der Waals surface area contributed by atoms with Gasteiger partial charge in [-0.2, -0.15) is 0 Å². The van der Waals surface area contributed by atoms with Crippen molar-refractivity contribution in [3.63, 3.8) is 0 Å². The van der Waals surface area contributed by atoms with Crippen molar-refractivity contribution in [2.24, 2.45) is 0 Å². The molecule has 0 bridgehead atoms. The summed E-state index contributed by atoms with van der Waals surface area (Å²) in [7, 11) is 7.04. The van der Waals surface area contributed by atoms with E-state index in [1.54, 1.807) is 29.9 Å². The molecule has 9 nitrogen and oxygen atoms in total. The Bertz CT molecular complexity index is 1590. The van der Waals surface area contributed by atoms with Crippen LogP contribution in [0.15, 0.2) is 66.7 Å². The lowest BCUT2D eigenvalue weighted by atomic mass is 10.2. The minimum atomic E-state index is -0.405. The molecule has 5 rings (SSSR count). The van der Waals surface area contributed by atoms with Gasteiger partial charge in [-0.05, 0) is 48.5 Å². The average molecular weight is 483 g/mol. The SMILES string of the molecule is COc1ccc(NC(=O)c2c(N)n(-c3ccc(N(C)C)cc3)c3nc4ccccc4nc23)cc1OC. The van der Waals surface area contributed by atoms with E-state index in [1.165, 1.54) is 7.11 Å². The zero-order valence-electron chi connectivity index (χ0n) is 20.4. The molecule has 0 fully saturated rings. The molecule has 0 aliphatic rings. The quantitative estimate of drug-likeness (QED) is 0.367. The van der Waals surface area contributed by atoms with Gasteiger partial charge in [-0.25, -0.2) is 9.97 Å². The molecule has 0 aliphatic heterocycles. The van der Waals surface area contributed by atoms with Gasteiger partial charge in [0.25, 0.3) is 5.91 Å². The topological polar surface area (TPSA) is 108 Å². The third kappa shape index (κ3) is 3.90. The Kier molecular flexibility index (Phi) is 5.81. The Hall–Kier alpha value is -4.79. The van der Waals surface area contributed by atoms with E-state index in [-0.39, 0.29) is 11.4 Å². The molecule has 1 amide bonds. The molecule has 2 aromatic heterocycles. The summed E-state index contributed by atoms with van der Waals surface area (Å²) < 4.78 is 12.4. The maximum atomic E-state index is 13.6. The number of carbonyl (C=O) groups is 1. The number of nitrogens with two attached hydrogens (primary N) is 1. The van der Waals surface area contributed by atoms with Crippen LogP contribution in [0, 0.1) is 0 Å². The van der Waals surface area contributed by atoms with Crippen molar-refractivity contribution in [1.29, 1.82) is 0 Å². The number of amides is 1. The van der Waals surface area contributed by atoms with E-state index in [4.69, 9.17) is 25.2 Å². The molecule has 2 heterocycles. The summed E-state index contributed by atoms with van der Waals surface area (Å²) >= 11 is 0. The van der Waals surface area contributed by atoms with Crippen molar-refractivity contribution in [3.05, 3.63) is 72.3 Å². The Balaban J connectivity index is 1.67. The first-order valence-corrected chi connectivity index (χ1v) is 11.3. The number of carbonyl (C=O) groups excluding carboxylic acids is 1. The lowest BCUT2D eigenvalue weighted by Crippen LogP contribution is -2.14. The highest BCUT2D eigenvalue weighted by Crippen LogP contribution is 2.34. The summed E-state index contributed by atoms with van der Waals surface area (Å²) in [6.45, 7) is 0. The van der Waals surface area contributed by atoms with Gasteiger partial charge in [0, 0.05) is 37.2 Å². The molecule has 3 N–H and O–H groups in total. The van der Waals surface area contributed by atoms with Gasteiger partial charge in [0.05, 0.1) is 25.3 Å². The van der Waals surface area contributed by atoms with E-state index >= 15 is 0 Å². The third-order valence-corrected chi connectivity index (χ3v) is 5.99. The Morgan fingerprint density at radius 2 is 1.58 bits per heavy atom. The van der Waals surface area contributed by atoms with Crippen LogP contribution in [-0.4, -0.2) is 48.8 Å². The van der Waals surface area contributed by atoms with E-state index in [0.717, 1.165) is 11.4 Å². The number of hydrogen-bond acceptors (Lipinski definition) is 7. The second-order valence-electron chi connectivity index (χ2n) is 8.41. The highest BCUT2D eigenvalue weighted by Gasteiger charge is 2.25. The first kappa shape index (κ1) is 23.0. The summed E-state index contributed by atoms with van der Waals surface area (Å²) in [6.07, 6.45) is 0. The van der Waals surface area contributed by atoms with Crippen molar-refractivity contribution >= 4 is 45.3 Å². The lowest BCUT2D eigenvalue weighted by Gasteiger charge is -2.14. The molecular formula is C27H26N6O3. The third-order valence-electron chi connectivity index (χ3n) is 5.99. The first-order chi connectivity index (χ1) is 17.4. The summed E-state index contributed by atoms with van der Waals surface area (Å²) in [4.78, 5) is 25.2. The molecule has 0 saturated heterocycles. The van der Waals surface area contributed by atoms with Gasteiger partial charge in [0.2, 0.25) is 0 Å². The predicted octanol–water partition coefficient (Wildman–Crippen LogP) is 4.49. The summed E-state index contributed by atoms with van der Waals surface area (Å²) in [6, 6.07) is 20.5. The molecule has 3 aromatic carbocycles. The molecule has 9 heteroatoms. The molecule has 5 aromatic rings. The monoisotopic (exact) mass is 482 g/mol. The number of benzene rings is 3. The summed E-state index contributed by atoms with van der Waals surface area (Å²) in [5, 5.41) is 2.91. The van der Waals surface area contributed by atoms with Crippen LogP contribution in [0.2, 0.25) is 0 Å². The van der Waals surface area contributed by atoms with Crippen molar-refractivity contribution in [1.82, 2.24) is 14.5 Å². The molecule has 0 unspecified atom stereocenters. The van der Waals surface area contributed by atoms with Crippen LogP contribution in [0.3, 0.4) is 0 Å². The fraction of sp³-hybridized carbons (Fsp3) is 0.148. The number of methoxy groups -OCH3 is 2. The van der Waals surface area contributed by atoms with Gasteiger partial charge in [0.1, 0.15) is 16.9 Å². The largest absolute Gasteiger partial charge is 0.493 e. The smallest absolute Gasteiger partial charge is 0.261 e. The normalized spacial score (nSPS) is 11.0. The first-order valence-electron chi connectivity index (χ1n) is 11.3. The number of rotatable bonds is 6. The highest BCUT2D eigenvalue weighted by molar-refractivity contribution is 6.16.